The highest BCUT2D eigenvalue weighted by Gasteiger charge is 2.33. The second-order valence-electron chi connectivity index (χ2n) is 8.17. The molecular formula is C23H28ClN3O3S. The molecule has 166 valence electrons. The van der Waals surface area contributed by atoms with Crippen LogP contribution in [-0.2, 0) is 20.6 Å². The molecule has 2 aromatic rings. The van der Waals surface area contributed by atoms with Gasteiger partial charge in [0.05, 0.1) is 12.3 Å². The lowest BCUT2D eigenvalue weighted by Gasteiger charge is -2.35. The Balaban J connectivity index is 1.33. The van der Waals surface area contributed by atoms with Crippen LogP contribution in [0.5, 0.6) is 0 Å². The SMILES string of the molecule is O=C(CN1CCCC1c1ccccc1Cl)N1CCN(S(=O)(=O)Cc2ccccc2)CC1. The first-order chi connectivity index (χ1) is 14.9. The number of hydrogen-bond acceptors (Lipinski definition) is 4. The van der Waals surface area contributed by atoms with Gasteiger partial charge in [0.2, 0.25) is 15.9 Å². The Hall–Kier alpha value is -1.93. The molecule has 2 saturated heterocycles. The van der Waals surface area contributed by atoms with E-state index in [9.17, 15) is 13.2 Å². The highest BCUT2D eigenvalue weighted by Crippen LogP contribution is 2.35. The average Bonchev–Trinajstić information content (AvgIpc) is 3.22. The number of amides is 1. The fourth-order valence-corrected chi connectivity index (χ4v) is 6.26. The first-order valence-electron chi connectivity index (χ1n) is 10.7. The van der Waals surface area contributed by atoms with Crippen molar-refractivity contribution in [3.63, 3.8) is 0 Å². The van der Waals surface area contributed by atoms with Crippen LogP contribution < -0.4 is 0 Å². The molecule has 2 aliphatic rings. The predicted octanol–water partition coefficient (Wildman–Crippen LogP) is 3.15. The van der Waals surface area contributed by atoms with Crippen LogP contribution in [-0.4, -0.2) is 67.7 Å². The third-order valence-corrected chi connectivity index (χ3v) is 8.34. The summed E-state index contributed by atoms with van der Waals surface area (Å²) in [5.74, 6) is 0.0498. The minimum Gasteiger partial charge on any atom is -0.339 e. The van der Waals surface area contributed by atoms with Crippen LogP contribution in [0.15, 0.2) is 54.6 Å². The van der Waals surface area contributed by atoms with E-state index in [0.29, 0.717) is 32.7 Å². The van der Waals surface area contributed by atoms with Gasteiger partial charge in [-0.15, -0.1) is 0 Å². The monoisotopic (exact) mass is 461 g/mol. The maximum Gasteiger partial charge on any atom is 0.236 e. The number of benzene rings is 2. The summed E-state index contributed by atoms with van der Waals surface area (Å²) >= 11 is 6.39. The fourth-order valence-electron chi connectivity index (χ4n) is 4.48. The molecule has 8 heteroatoms. The number of rotatable bonds is 6. The lowest BCUT2D eigenvalue weighted by Crippen LogP contribution is -2.52. The summed E-state index contributed by atoms with van der Waals surface area (Å²) in [5.41, 5.74) is 1.85. The molecule has 0 spiro atoms. The van der Waals surface area contributed by atoms with Gasteiger partial charge in [-0.05, 0) is 36.6 Å². The highest BCUT2D eigenvalue weighted by molar-refractivity contribution is 7.88. The van der Waals surface area contributed by atoms with E-state index in [1.807, 2.05) is 54.6 Å². The van der Waals surface area contributed by atoms with Crippen molar-refractivity contribution in [2.24, 2.45) is 0 Å². The quantitative estimate of drug-likeness (QED) is 0.663. The zero-order chi connectivity index (χ0) is 21.8. The Bertz CT molecular complexity index is 1010. The number of carbonyl (C=O) groups is 1. The van der Waals surface area contributed by atoms with Crippen molar-refractivity contribution in [1.82, 2.24) is 14.1 Å². The zero-order valence-corrected chi connectivity index (χ0v) is 19.1. The van der Waals surface area contributed by atoms with E-state index in [2.05, 4.69) is 4.90 Å². The van der Waals surface area contributed by atoms with Gasteiger partial charge in [0, 0.05) is 37.2 Å². The lowest BCUT2D eigenvalue weighted by atomic mass is 10.0. The van der Waals surface area contributed by atoms with Crippen molar-refractivity contribution in [2.45, 2.75) is 24.6 Å². The van der Waals surface area contributed by atoms with Crippen LogP contribution in [0.3, 0.4) is 0 Å². The van der Waals surface area contributed by atoms with Gasteiger partial charge in [0.25, 0.3) is 0 Å². The largest absolute Gasteiger partial charge is 0.339 e. The number of likely N-dealkylation sites (tertiary alicyclic amines) is 1. The standard InChI is InChI=1S/C23H28ClN3O3S/c24-21-10-5-4-9-20(21)22-11-6-12-26(22)17-23(28)25-13-15-27(16-14-25)31(29,30)18-19-7-2-1-3-8-19/h1-5,7-10,22H,6,11-18H2. The second-order valence-corrected chi connectivity index (χ2v) is 10.5. The van der Waals surface area contributed by atoms with E-state index in [-0.39, 0.29) is 17.7 Å². The molecule has 0 aliphatic carbocycles. The number of carbonyl (C=O) groups excluding carboxylic acids is 1. The summed E-state index contributed by atoms with van der Waals surface area (Å²) in [7, 11) is -3.39. The highest BCUT2D eigenvalue weighted by atomic mass is 35.5. The molecule has 2 fully saturated rings. The van der Waals surface area contributed by atoms with Crippen LogP contribution >= 0.6 is 11.6 Å². The van der Waals surface area contributed by atoms with Gasteiger partial charge >= 0.3 is 0 Å². The number of piperazine rings is 1. The van der Waals surface area contributed by atoms with Gasteiger partial charge in [-0.3, -0.25) is 9.69 Å². The molecule has 1 amide bonds. The molecule has 0 saturated carbocycles. The smallest absolute Gasteiger partial charge is 0.236 e. The summed E-state index contributed by atoms with van der Waals surface area (Å²) in [6.45, 7) is 2.75. The number of halogens is 1. The Morgan fingerprint density at radius 3 is 2.32 bits per heavy atom. The molecule has 4 rings (SSSR count). The average molecular weight is 462 g/mol. The predicted molar refractivity (Wildman–Crippen MR) is 122 cm³/mol. The molecule has 1 atom stereocenters. The van der Waals surface area contributed by atoms with E-state index in [0.717, 1.165) is 35.5 Å². The first-order valence-corrected chi connectivity index (χ1v) is 12.7. The molecular weight excluding hydrogens is 434 g/mol. The van der Waals surface area contributed by atoms with E-state index in [4.69, 9.17) is 11.6 Å². The third-order valence-electron chi connectivity index (χ3n) is 6.14. The van der Waals surface area contributed by atoms with Crippen molar-refractivity contribution in [3.8, 4) is 0 Å². The van der Waals surface area contributed by atoms with E-state index in [1.54, 1.807) is 4.90 Å². The zero-order valence-electron chi connectivity index (χ0n) is 17.5. The lowest BCUT2D eigenvalue weighted by molar-refractivity contribution is -0.133. The van der Waals surface area contributed by atoms with Crippen molar-refractivity contribution in [3.05, 3.63) is 70.7 Å². The molecule has 0 radical (unpaired) electrons. The molecule has 31 heavy (non-hydrogen) atoms. The molecule has 2 aliphatic heterocycles. The van der Waals surface area contributed by atoms with Gasteiger partial charge in [0.15, 0.2) is 0 Å². The van der Waals surface area contributed by atoms with Crippen molar-refractivity contribution >= 4 is 27.5 Å². The summed E-state index contributed by atoms with van der Waals surface area (Å²) in [6, 6.07) is 17.2. The van der Waals surface area contributed by atoms with Crippen molar-refractivity contribution in [1.29, 1.82) is 0 Å². The van der Waals surface area contributed by atoms with Gasteiger partial charge in [-0.1, -0.05) is 60.1 Å². The number of nitrogens with zero attached hydrogens (tertiary/aromatic N) is 3. The number of sulfonamides is 1. The summed E-state index contributed by atoms with van der Waals surface area (Å²) < 4.78 is 27.0. The Kier molecular flexibility index (Phi) is 6.96. The van der Waals surface area contributed by atoms with E-state index >= 15 is 0 Å². The topological polar surface area (TPSA) is 60.9 Å². The maximum atomic E-state index is 12.9. The molecule has 0 N–H and O–H groups in total. The van der Waals surface area contributed by atoms with Gasteiger partial charge < -0.3 is 4.90 Å². The number of hydrogen-bond donors (Lipinski definition) is 0. The summed E-state index contributed by atoms with van der Waals surface area (Å²) in [5, 5.41) is 0.740. The molecule has 0 aromatic heterocycles. The van der Waals surface area contributed by atoms with E-state index in [1.165, 1.54) is 4.31 Å². The Labute approximate surface area is 189 Å². The molecule has 2 aromatic carbocycles. The maximum absolute atomic E-state index is 12.9. The van der Waals surface area contributed by atoms with Gasteiger partial charge in [0.1, 0.15) is 0 Å². The van der Waals surface area contributed by atoms with Gasteiger partial charge in [-0.25, -0.2) is 8.42 Å². The van der Waals surface area contributed by atoms with Crippen LogP contribution in [0.4, 0.5) is 0 Å². The van der Waals surface area contributed by atoms with E-state index < -0.39 is 10.0 Å². The van der Waals surface area contributed by atoms with Crippen LogP contribution in [0.25, 0.3) is 0 Å². The van der Waals surface area contributed by atoms with Crippen molar-refractivity contribution < 1.29 is 13.2 Å². The molecule has 6 nitrogen and oxygen atoms in total. The minimum atomic E-state index is -3.39. The Morgan fingerprint density at radius 1 is 0.935 bits per heavy atom. The minimum absolute atomic E-state index is 0.00488. The molecule has 2 heterocycles. The van der Waals surface area contributed by atoms with Crippen LogP contribution in [0.1, 0.15) is 30.0 Å². The molecule has 1 unspecified atom stereocenters. The summed E-state index contributed by atoms with van der Waals surface area (Å²) in [4.78, 5) is 16.9. The molecule has 0 bridgehead atoms. The van der Waals surface area contributed by atoms with Crippen LogP contribution in [0, 0.1) is 0 Å². The van der Waals surface area contributed by atoms with Crippen molar-refractivity contribution in [2.75, 3.05) is 39.3 Å². The normalized spacial score (nSPS) is 20.8. The Morgan fingerprint density at radius 2 is 1.61 bits per heavy atom. The summed E-state index contributed by atoms with van der Waals surface area (Å²) in [6.07, 6.45) is 2.02. The fraction of sp³-hybridized carbons (Fsp3) is 0.435. The van der Waals surface area contributed by atoms with Gasteiger partial charge in [-0.2, -0.15) is 4.31 Å². The second kappa shape index (κ2) is 9.69. The van der Waals surface area contributed by atoms with Crippen LogP contribution in [0.2, 0.25) is 5.02 Å². The first kappa shape index (κ1) is 22.3. The third kappa shape index (κ3) is 5.29.